The molecule has 0 fully saturated rings. The highest BCUT2D eigenvalue weighted by atomic mass is 35.5. The lowest BCUT2D eigenvalue weighted by Gasteiger charge is -2.02. The quantitative estimate of drug-likeness (QED) is 0.710. The fraction of sp³-hybridized carbons (Fsp3) is 0.111. The van der Waals surface area contributed by atoms with Gasteiger partial charge in [-0.2, -0.15) is 9.97 Å². The van der Waals surface area contributed by atoms with Crippen LogP contribution in [0.4, 0.5) is 5.95 Å². The van der Waals surface area contributed by atoms with E-state index in [4.69, 9.17) is 11.6 Å². The summed E-state index contributed by atoms with van der Waals surface area (Å²) in [6.45, 7) is 0.565. The van der Waals surface area contributed by atoms with Crippen LogP contribution in [0.5, 0.6) is 0 Å². The second-order valence-corrected chi connectivity index (χ2v) is 4.35. The SMILES string of the molecule is Clc1nc(NCc2cscn2)nc2nc[nH]c12. The van der Waals surface area contributed by atoms with Gasteiger partial charge in [-0.3, -0.25) is 0 Å². The molecule has 3 aromatic heterocycles. The maximum atomic E-state index is 5.99. The Balaban J connectivity index is 1.85. The number of hydrogen-bond acceptors (Lipinski definition) is 6. The first kappa shape index (κ1) is 10.4. The minimum absolute atomic E-state index is 0.355. The molecule has 8 heteroatoms. The van der Waals surface area contributed by atoms with E-state index in [9.17, 15) is 0 Å². The number of aromatic nitrogens is 5. The van der Waals surface area contributed by atoms with Gasteiger partial charge in [0.1, 0.15) is 5.52 Å². The Hall–Kier alpha value is -1.73. The molecule has 0 saturated heterocycles. The average molecular weight is 267 g/mol. The summed E-state index contributed by atoms with van der Waals surface area (Å²) in [4.78, 5) is 19.4. The molecule has 3 rings (SSSR count). The summed E-state index contributed by atoms with van der Waals surface area (Å²) in [6, 6.07) is 0. The Morgan fingerprint density at radius 3 is 3.12 bits per heavy atom. The fourth-order valence-electron chi connectivity index (χ4n) is 1.37. The monoisotopic (exact) mass is 266 g/mol. The number of halogens is 1. The molecule has 6 nitrogen and oxygen atoms in total. The van der Waals surface area contributed by atoms with Gasteiger partial charge in [-0.05, 0) is 0 Å². The van der Waals surface area contributed by atoms with E-state index < -0.39 is 0 Å². The molecule has 0 atom stereocenters. The van der Waals surface area contributed by atoms with Crippen molar-refractivity contribution in [1.82, 2.24) is 24.9 Å². The molecule has 3 aromatic rings. The fourth-order valence-corrected chi connectivity index (χ4v) is 2.15. The van der Waals surface area contributed by atoms with Gasteiger partial charge < -0.3 is 10.3 Å². The molecule has 2 N–H and O–H groups in total. The molecular weight excluding hydrogens is 260 g/mol. The predicted molar refractivity (Wildman–Crippen MR) is 66.1 cm³/mol. The van der Waals surface area contributed by atoms with E-state index in [1.165, 1.54) is 6.33 Å². The number of rotatable bonds is 3. The third-order valence-electron chi connectivity index (χ3n) is 2.15. The van der Waals surface area contributed by atoms with Gasteiger partial charge >= 0.3 is 0 Å². The van der Waals surface area contributed by atoms with E-state index in [-0.39, 0.29) is 0 Å². The van der Waals surface area contributed by atoms with Crippen molar-refractivity contribution < 1.29 is 0 Å². The molecule has 0 saturated carbocycles. The standard InChI is InChI=1S/C9H7ClN6S/c10-7-6-8(13-3-12-6)16-9(15-7)11-1-5-2-17-4-14-5/h2-4H,1H2,(H2,11,12,13,15,16). The molecule has 0 unspecified atom stereocenters. The van der Waals surface area contributed by atoms with Gasteiger partial charge in [-0.25, -0.2) is 9.97 Å². The number of H-pyrrole nitrogens is 1. The molecule has 17 heavy (non-hydrogen) atoms. The Bertz CT molecular complexity index is 634. The molecular formula is C9H7ClN6S. The van der Waals surface area contributed by atoms with Gasteiger partial charge in [0.15, 0.2) is 10.8 Å². The predicted octanol–water partition coefficient (Wildman–Crippen LogP) is 2.07. The van der Waals surface area contributed by atoms with Crippen LogP contribution in [-0.4, -0.2) is 24.9 Å². The lowest BCUT2D eigenvalue weighted by atomic mass is 10.5. The van der Waals surface area contributed by atoms with Crippen molar-refractivity contribution in [3.63, 3.8) is 0 Å². The molecule has 0 aliphatic carbocycles. The van der Waals surface area contributed by atoms with Crippen molar-refractivity contribution in [2.75, 3.05) is 5.32 Å². The molecule has 0 spiro atoms. The Morgan fingerprint density at radius 2 is 2.29 bits per heavy atom. The van der Waals surface area contributed by atoms with Crippen LogP contribution < -0.4 is 5.32 Å². The Morgan fingerprint density at radius 1 is 1.35 bits per heavy atom. The van der Waals surface area contributed by atoms with Gasteiger partial charge in [0.2, 0.25) is 5.95 Å². The van der Waals surface area contributed by atoms with E-state index >= 15 is 0 Å². The first-order valence-corrected chi connectivity index (χ1v) is 6.12. The number of imidazole rings is 1. The zero-order valence-corrected chi connectivity index (χ0v) is 10.1. The van der Waals surface area contributed by atoms with E-state index in [1.54, 1.807) is 16.8 Å². The zero-order chi connectivity index (χ0) is 11.7. The van der Waals surface area contributed by atoms with Gasteiger partial charge in [-0.15, -0.1) is 11.3 Å². The largest absolute Gasteiger partial charge is 0.348 e. The van der Waals surface area contributed by atoms with E-state index in [2.05, 4.69) is 30.2 Å². The minimum atomic E-state index is 0.355. The molecule has 3 heterocycles. The molecule has 0 radical (unpaired) electrons. The van der Waals surface area contributed by atoms with Crippen LogP contribution in [0.1, 0.15) is 5.69 Å². The van der Waals surface area contributed by atoms with Crippen LogP contribution in [0, 0.1) is 0 Å². The molecule has 0 aliphatic rings. The lowest BCUT2D eigenvalue weighted by Crippen LogP contribution is -2.04. The first-order valence-electron chi connectivity index (χ1n) is 4.80. The zero-order valence-electron chi connectivity index (χ0n) is 8.51. The Labute approximate surface area is 105 Å². The summed E-state index contributed by atoms with van der Waals surface area (Å²) in [5.74, 6) is 0.447. The van der Waals surface area contributed by atoms with Crippen LogP contribution in [0.25, 0.3) is 11.2 Å². The normalized spacial score (nSPS) is 10.9. The van der Waals surface area contributed by atoms with Crippen LogP contribution in [0.3, 0.4) is 0 Å². The highest BCUT2D eigenvalue weighted by Gasteiger charge is 2.07. The number of nitrogens with zero attached hydrogens (tertiary/aromatic N) is 4. The van der Waals surface area contributed by atoms with E-state index in [0.717, 1.165) is 5.69 Å². The second-order valence-electron chi connectivity index (χ2n) is 3.27. The first-order chi connectivity index (χ1) is 8.33. The number of anilines is 1. The van der Waals surface area contributed by atoms with Crippen LogP contribution in [0.2, 0.25) is 5.15 Å². The summed E-state index contributed by atoms with van der Waals surface area (Å²) < 4.78 is 0. The van der Waals surface area contributed by atoms with Crippen LogP contribution in [-0.2, 0) is 6.54 Å². The van der Waals surface area contributed by atoms with Crippen molar-refractivity contribution in [1.29, 1.82) is 0 Å². The topological polar surface area (TPSA) is 79.4 Å². The van der Waals surface area contributed by atoms with Crippen molar-refractivity contribution >= 4 is 40.0 Å². The minimum Gasteiger partial charge on any atom is -0.348 e. The van der Waals surface area contributed by atoms with Gasteiger partial charge in [-0.1, -0.05) is 11.6 Å². The Kier molecular flexibility index (Phi) is 2.62. The maximum Gasteiger partial charge on any atom is 0.226 e. The van der Waals surface area contributed by atoms with Gasteiger partial charge in [0.05, 0.1) is 24.1 Å². The summed E-state index contributed by atoms with van der Waals surface area (Å²) in [6.07, 6.45) is 1.54. The number of fused-ring (bicyclic) bond motifs is 1. The maximum absolute atomic E-state index is 5.99. The van der Waals surface area contributed by atoms with Crippen LogP contribution in [0.15, 0.2) is 17.2 Å². The van der Waals surface area contributed by atoms with Gasteiger partial charge in [0, 0.05) is 5.38 Å². The van der Waals surface area contributed by atoms with Crippen molar-refractivity contribution in [2.45, 2.75) is 6.54 Å². The smallest absolute Gasteiger partial charge is 0.226 e. The van der Waals surface area contributed by atoms with Crippen molar-refractivity contribution in [3.8, 4) is 0 Å². The molecule has 86 valence electrons. The highest BCUT2D eigenvalue weighted by Crippen LogP contribution is 2.18. The summed E-state index contributed by atoms with van der Waals surface area (Å²) in [5.41, 5.74) is 3.91. The highest BCUT2D eigenvalue weighted by molar-refractivity contribution is 7.07. The number of thiazole rings is 1. The van der Waals surface area contributed by atoms with E-state index in [1.807, 2.05) is 5.38 Å². The lowest BCUT2D eigenvalue weighted by molar-refractivity contribution is 1.03. The number of hydrogen-bond donors (Lipinski definition) is 2. The number of aromatic amines is 1. The van der Waals surface area contributed by atoms with Crippen molar-refractivity contribution in [3.05, 3.63) is 28.1 Å². The molecule has 0 amide bonds. The summed E-state index contributed by atoms with van der Waals surface area (Å²) in [5, 5.41) is 5.37. The summed E-state index contributed by atoms with van der Waals surface area (Å²) >= 11 is 7.53. The molecule has 0 aliphatic heterocycles. The van der Waals surface area contributed by atoms with Gasteiger partial charge in [0.25, 0.3) is 0 Å². The molecule has 0 bridgehead atoms. The third kappa shape index (κ3) is 2.06. The van der Waals surface area contributed by atoms with Crippen LogP contribution >= 0.6 is 22.9 Å². The average Bonchev–Trinajstić information content (AvgIpc) is 2.97. The van der Waals surface area contributed by atoms with Crippen molar-refractivity contribution in [2.24, 2.45) is 0 Å². The summed E-state index contributed by atoms with van der Waals surface area (Å²) in [7, 11) is 0. The number of nitrogens with one attached hydrogen (secondary N) is 2. The molecule has 0 aromatic carbocycles. The third-order valence-corrected chi connectivity index (χ3v) is 3.06. The second kappa shape index (κ2) is 4.27. The van der Waals surface area contributed by atoms with E-state index in [0.29, 0.717) is 28.8 Å².